The van der Waals surface area contributed by atoms with Gasteiger partial charge in [0.25, 0.3) is 0 Å². The average Bonchev–Trinajstić information content (AvgIpc) is 2.15. The van der Waals surface area contributed by atoms with E-state index in [0.717, 1.165) is 0 Å². The zero-order chi connectivity index (χ0) is 11.1. The Hall–Kier alpha value is -0.980. The van der Waals surface area contributed by atoms with E-state index in [1.54, 1.807) is 0 Å². The van der Waals surface area contributed by atoms with E-state index in [-0.39, 0.29) is 0 Å². The van der Waals surface area contributed by atoms with E-state index in [2.05, 4.69) is 57.3 Å². The maximum Gasteiger partial charge on any atom is 0.0375 e. The Kier molecular flexibility index (Phi) is 2.49. The summed E-state index contributed by atoms with van der Waals surface area (Å²) in [5, 5.41) is 3.69. The van der Waals surface area contributed by atoms with Crippen LogP contribution in [-0.2, 0) is 6.42 Å². The molecule has 2 atom stereocenters. The van der Waals surface area contributed by atoms with E-state index in [0.29, 0.717) is 17.4 Å². The van der Waals surface area contributed by atoms with E-state index >= 15 is 0 Å². The number of rotatable bonds is 0. The Morgan fingerprint density at radius 1 is 1.20 bits per heavy atom. The van der Waals surface area contributed by atoms with Crippen molar-refractivity contribution < 1.29 is 0 Å². The van der Waals surface area contributed by atoms with E-state index < -0.39 is 0 Å². The van der Waals surface area contributed by atoms with Crippen LogP contribution in [0.15, 0.2) is 24.3 Å². The van der Waals surface area contributed by atoms with Crippen LogP contribution in [0.3, 0.4) is 0 Å². The minimum Gasteiger partial charge on any atom is -0.381 e. The number of nitrogens with one attached hydrogen (secondary N) is 1. The molecule has 1 aliphatic heterocycles. The fourth-order valence-electron chi connectivity index (χ4n) is 2.68. The van der Waals surface area contributed by atoms with Gasteiger partial charge in [-0.3, -0.25) is 0 Å². The maximum absolute atomic E-state index is 3.69. The van der Waals surface area contributed by atoms with Crippen molar-refractivity contribution in [3.63, 3.8) is 0 Å². The number of hydrogen-bond acceptors (Lipinski definition) is 1. The van der Waals surface area contributed by atoms with Crippen molar-refractivity contribution in [2.75, 3.05) is 5.32 Å². The van der Waals surface area contributed by atoms with Gasteiger partial charge in [0, 0.05) is 11.7 Å². The lowest BCUT2D eigenvalue weighted by atomic mass is 9.75. The lowest BCUT2D eigenvalue weighted by Gasteiger charge is -2.41. The average molecular weight is 203 g/mol. The molecule has 0 fully saturated rings. The van der Waals surface area contributed by atoms with Gasteiger partial charge >= 0.3 is 0 Å². The van der Waals surface area contributed by atoms with Gasteiger partial charge in [-0.25, -0.2) is 0 Å². The Morgan fingerprint density at radius 2 is 1.87 bits per heavy atom. The van der Waals surface area contributed by atoms with Crippen LogP contribution >= 0.6 is 0 Å². The standard InChI is InChI=1S/C14H21N/c1-10-9-11-7-5-6-8-12(11)15-13(10)14(2,3)4/h5-8,10,13,15H,9H2,1-4H3. The first kappa shape index (κ1) is 10.5. The van der Waals surface area contributed by atoms with Crippen molar-refractivity contribution in [1.82, 2.24) is 0 Å². The quantitative estimate of drug-likeness (QED) is 0.678. The summed E-state index contributed by atoms with van der Waals surface area (Å²) in [4.78, 5) is 0. The van der Waals surface area contributed by atoms with Crippen LogP contribution in [0.1, 0.15) is 33.3 Å². The van der Waals surface area contributed by atoms with Crippen molar-refractivity contribution in [2.45, 2.75) is 40.2 Å². The third kappa shape index (κ3) is 2.01. The van der Waals surface area contributed by atoms with Crippen LogP contribution in [0.5, 0.6) is 0 Å². The van der Waals surface area contributed by atoms with Crippen LogP contribution in [0.25, 0.3) is 0 Å². The summed E-state index contributed by atoms with van der Waals surface area (Å²) in [5.41, 5.74) is 3.12. The number of para-hydroxylation sites is 1. The smallest absolute Gasteiger partial charge is 0.0375 e. The highest BCUT2D eigenvalue weighted by Gasteiger charge is 2.33. The van der Waals surface area contributed by atoms with Gasteiger partial charge in [0.05, 0.1) is 0 Å². The fraction of sp³-hybridized carbons (Fsp3) is 0.571. The van der Waals surface area contributed by atoms with Crippen LogP contribution in [0.2, 0.25) is 0 Å². The number of anilines is 1. The molecule has 1 aliphatic rings. The predicted molar refractivity (Wildman–Crippen MR) is 66.2 cm³/mol. The van der Waals surface area contributed by atoms with Gasteiger partial charge in [-0.05, 0) is 29.4 Å². The topological polar surface area (TPSA) is 12.0 Å². The molecule has 1 nitrogen and oxygen atoms in total. The van der Waals surface area contributed by atoms with E-state index in [1.165, 1.54) is 17.7 Å². The van der Waals surface area contributed by atoms with Crippen LogP contribution in [-0.4, -0.2) is 6.04 Å². The predicted octanol–water partition coefficient (Wildman–Crippen LogP) is 3.71. The summed E-state index contributed by atoms with van der Waals surface area (Å²) in [5.74, 6) is 0.708. The fourth-order valence-corrected chi connectivity index (χ4v) is 2.68. The van der Waals surface area contributed by atoms with E-state index in [1.807, 2.05) is 0 Å². The first-order chi connectivity index (χ1) is 6.98. The Morgan fingerprint density at radius 3 is 2.53 bits per heavy atom. The number of benzene rings is 1. The zero-order valence-corrected chi connectivity index (χ0v) is 10.2. The summed E-state index contributed by atoms with van der Waals surface area (Å²) in [7, 11) is 0. The highest BCUT2D eigenvalue weighted by molar-refractivity contribution is 5.54. The summed E-state index contributed by atoms with van der Waals surface area (Å²) in [6, 6.07) is 9.25. The van der Waals surface area contributed by atoms with Gasteiger partial charge in [0.2, 0.25) is 0 Å². The molecule has 82 valence electrons. The molecule has 1 heterocycles. The maximum atomic E-state index is 3.69. The second-order valence-corrected chi connectivity index (χ2v) is 5.83. The summed E-state index contributed by atoms with van der Waals surface area (Å²) in [6.07, 6.45) is 1.20. The summed E-state index contributed by atoms with van der Waals surface area (Å²) in [6.45, 7) is 9.29. The van der Waals surface area contributed by atoms with Crippen molar-refractivity contribution in [3.8, 4) is 0 Å². The van der Waals surface area contributed by atoms with E-state index in [4.69, 9.17) is 0 Å². The van der Waals surface area contributed by atoms with Gasteiger partial charge in [-0.15, -0.1) is 0 Å². The largest absolute Gasteiger partial charge is 0.381 e. The molecule has 0 saturated heterocycles. The Labute approximate surface area is 92.9 Å². The van der Waals surface area contributed by atoms with Crippen molar-refractivity contribution in [3.05, 3.63) is 29.8 Å². The molecule has 0 aromatic heterocycles. The van der Waals surface area contributed by atoms with Gasteiger partial charge in [0.15, 0.2) is 0 Å². The second-order valence-electron chi connectivity index (χ2n) is 5.83. The molecule has 1 aromatic carbocycles. The highest BCUT2D eigenvalue weighted by atomic mass is 15.0. The molecule has 0 amide bonds. The van der Waals surface area contributed by atoms with Gasteiger partial charge in [-0.1, -0.05) is 45.9 Å². The third-order valence-corrected chi connectivity index (χ3v) is 3.37. The Balaban J connectivity index is 2.30. The number of hydrogen-bond donors (Lipinski definition) is 1. The highest BCUT2D eigenvalue weighted by Crippen LogP contribution is 2.36. The lowest BCUT2D eigenvalue weighted by molar-refractivity contribution is 0.261. The van der Waals surface area contributed by atoms with Crippen molar-refractivity contribution in [1.29, 1.82) is 0 Å². The SMILES string of the molecule is CC1Cc2ccccc2NC1C(C)(C)C. The molecule has 2 unspecified atom stereocenters. The van der Waals surface area contributed by atoms with Gasteiger partial charge in [-0.2, -0.15) is 0 Å². The van der Waals surface area contributed by atoms with Gasteiger partial charge in [0.1, 0.15) is 0 Å². The molecular formula is C14H21N. The number of fused-ring (bicyclic) bond motifs is 1. The molecule has 0 saturated carbocycles. The van der Waals surface area contributed by atoms with Gasteiger partial charge < -0.3 is 5.32 Å². The van der Waals surface area contributed by atoms with Crippen LogP contribution in [0.4, 0.5) is 5.69 Å². The third-order valence-electron chi connectivity index (χ3n) is 3.37. The molecule has 0 spiro atoms. The minimum atomic E-state index is 0.326. The second kappa shape index (κ2) is 3.55. The molecule has 1 aromatic rings. The molecule has 0 bridgehead atoms. The zero-order valence-electron chi connectivity index (χ0n) is 10.2. The minimum absolute atomic E-state index is 0.326. The first-order valence-corrected chi connectivity index (χ1v) is 5.83. The van der Waals surface area contributed by atoms with Crippen LogP contribution < -0.4 is 5.32 Å². The van der Waals surface area contributed by atoms with Crippen molar-refractivity contribution in [2.24, 2.45) is 11.3 Å². The summed E-state index contributed by atoms with van der Waals surface area (Å²) < 4.78 is 0. The normalized spacial score (nSPS) is 25.6. The molecule has 0 aliphatic carbocycles. The van der Waals surface area contributed by atoms with Crippen molar-refractivity contribution >= 4 is 5.69 Å². The molecular weight excluding hydrogens is 182 g/mol. The molecule has 15 heavy (non-hydrogen) atoms. The lowest BCUT2D eigenvalue weighted by Crippen LogP contribution is -2.43. The molecule has 1 heteroatoms. The summed E-state index contributed by atoms with van der Waals surface area (Å²) >= 11 is 0. The monoisotopic (exact) mass is 203 g/mol. The first-order valence-electron chi connectivity index (χ1n) is 5.83. The Bertz CT molecular complexity index is 349. The molecule has 0 radical (unpaired) electrons. The van der Waals surface area contributed by atoms with Crippen LogP contribution in [0, 0.1) is 11.3 Å². The molecule has 1 N–H and O–H groups in total. The van der Waals surface area contributed by atoms with E-state index in [9.17, 15) is 0 Å². The molecule has 2 rings (SSSR count).